The number of anilines is 1. The molecule has 0 fully saturated rings. The third-order valence-corrected chi connectivity index (χ3v) is 2.93. The van der Waals surface area contributed by atoms with Crippen LogP contribution in [0.2, 0.25) is 0 Å². The fourth-order valence-electron chi connectivity index (χ4n) is 1.98. The van der Waals surface area contributed by atoms with Gasteiger partial charge in [0.25, 0.3) is 0 Å². The van der Waals surface area contributed by atoms with Crippen LogP contribution in [0.1, 0.15) is 16.8 Å². The van der Waals surface area contributed by atoms with Gasteiger partial charge in [-0.25, -0.2) is 4.98 Å². The Hall–Kier alpha value is -1.78. The zero-order valence-electron chi connectivity index (χ0n) is 10.3. The summed E-state index contributed by atoms with van der Waals surface area (Å²) < 4.78 is 38.3. The van der Waals surface area contributed by atoms with Crippen molar-refractivity contribution in [2.75, 3.05) is 12.4 Å². The lowest BCUT2D eigenvalue weighted by Gasteiger charge is -2.14. The number of pyridine rings is 1. The highest BCUT2D eigenvalue weighted by Gasteiger charge is 2.33. The Morgan fingerprint density at radius 1 is 1.11 bits per heavy atom. The van der Waals surface area contributed by atoms with Crippen molar-refractivity contribution in [1.29, 1.82) is 0 Å². The molecule has 0 amide bonds. The summed E-state index contributed by atoms with van der Waals surface area (Å²) in [5.74, 6) is 0. The molecule has 0 spiro atoms. The molecule has 1 N–H and O–H groups in total. The van der Waals surface area contributed by atoms with Gasteiger partial charge in [0.05, 0.1) is 5.52 Å². The van der Waals surface area contributed by atoms with Gasteiger partial charge in [-0.2, -0.15) is 13.2 Å². The first-order chi connectivity index (χ1) is 8.34. The van der Waals surface area contributed by atoms with Gasteiger partial charge in [-0.05, 0) is 31.0 Å². The summed E-state index contributed by atoms with van der Waals surface area (Å²) in [5, 5.41) is 3.55. The largest absolute Gasteiger partial charge is 0.433 e. The van der Waals surface area contributed by atoms with Crippen LogP contribution in [0.15, 0.2) is 18.2 Å². The minimum Gasteiger partial charge on any atom is -0.388 e. The smallest absolute Gasteiger partial charge is 0.388 e. The summed E-state index contributed by atoms with van der Waals surface area (Å²) in [6, 6.07) is 4.71. The molecule has 96 valence electrons. The van der Waals surface area contributed by atoms with Gasteiger partial charge in [0.2, 0.25) is 0 Å². The van der Waals surface area contributed by atoms with Crippen LogP contribution in [0.4, 0.5) is 18.9 Å². The molecule has 2 rings (SSSR count). The Bertz CT molecular complexity index is 603. The van der Waals surface area contributed by atoms with Crippen LogP contribution in [0.5, 0.6) is 0 Å². The zero-order chi connectivity index (χ0) is 13.5. The summed E-state index contributed by atoms with van der Waals surface area (Å²) in [4.78, 5) is 3.75. The van der Waals surface area contributed by atoms with E-state index in [1.807, 2.05) is 13.0 Å². The molecule has 1 aromatic heterocycles. The minimum atomic E-state index is -4.43. The summed E-state index contributed by atoms with van der Waals surface area (Å²) in [7, 11) is 1.61. The lowest BCUT2D eigenvalue weighted by molar-refractivity contribution is -0.140. The standard InChI is InChI=1S/C13H13F3N2/c1-7-4-5-8(2)12-11(7)9(17-3)6-10(18-12)13(14,15)16/h4-6H,1-3H3,(H,17,18). The molecule has 0 aliphatic rings. The maximum atomic E-state index is 12.8. The van der Waals surface area contributed by atoms with Crippen molar-refractivity contribution < 1.29 is 13.2 Å². The lowest BCUT2D eigenvalue weighted by atomic mass is 10.0. The number of aryl methyl sites for hydroxylation is 2. The number of nitrogens with zero attached hydrogens (tertiary/aromatic N) is 1. The summed E-state index contributed by atoms with van der Waals surface area (Å²) in [6.45, 7) is 3.62. The second-order valence-corrected chi connectivity index (χ2v) is 4.23. The lowest BCUT2D eigenvalue weighted by Crippen LogP contribution is -2.10. The zero-order valence-corrected chi connectivity index (χ0v) is 10.3. The molecule has 18 heavy (non-hydrogen) atoms. The number of fused-ring (bicyclic) bond motifs is 1. The molecule has 0 saturated carbocycles. The molecule has 0 atom stereocenters. The predicted molar refractivity (Wildman–Crippen MR) is 65.8 cm³/mol. The number of hydrogen-bond acceptors (Lipinski definition) is 2. The van der Waals surface area contributed by atoms with Crippen LogP contribution in [0.3, 0.4) is 0 Å². The van der Waals surface area contributed by atoms with E-state index in [4.69, 9.17) is 0 Å². The van der Waals surface area contributed by atoms with Crippen molar-refractivity contribution >= 4 is 16.6 Å². The number of nitrogens with one attached hydrogen (secondary N) is 1. The second kappa shape index (κ2) is 4.15. The number of benzene rings is 1. The average molecular weight is 254 g/mol. The molecule has 0 saturated heterocycles. The first-order valence-electron chi connectivity index (χ1n) is 5.50. The van der Waals surface area contributed by atoms with Crippen LogP contribution in [-0.2, 0) is 6.18 Å². The molecule has 0 bridgehead atoms. The highest BCUT2D eigenvalue weighted by atomic mass is 19.4. The molecule has 0 radical (unpaired) electrons. The third-order valence-electron chi connectivity index (χ3n) is 2.93. The molecular weight excluding hydrogens is 241 g/mol. The fourth-order valence-corrected chi connectivity index (χ4v) is 1.98. The van der Waals surface area contributed by atoms with Crippen LogP contribution in [-0.4, -0.2) is 12.0 Å². The Morgan fingerprint density at radius 3 is 2.28 bits per heavy atom. The molecule has 2 nitrogen and oxygen atoms in total. The molecule has 0 aliphatic carbocycles. The second-order valence-electron chi connectivity index (χ2n) is 4.23. The Labute approximate surface area is 103 Å². The SMILES string of the molecule is CNc1cc(C(F)(F)F)nc2c(C)ccc(C)c12. The van der Waals surface area contributed by atoms with Gasteiger partial charge in [0.15, 0.2) is 0 Å². The molecule has 5 heteroatoms. The van der Waals surface area contributed by atoms with Gasteiger partial charge >= 0.3 is 6.18 Å². The average Bonchev–Trinajstić information content (AvgIpc) is 2.31. The summed E-state index contributed by atoms with van der Waals surface area (Å²) in [5.41, 5.74) is 1.62. The Balaban J connectivity index is 2.88. The molecule has 0 unspecified atom stereocenters. The molecule has 0 aliphatic heterocycles. The van der Waals surface area contributed by atoms with Gasteiger partial charge in [0.1, 0.15) is 5.69 Å². The van der Waals surface area contributed by atoms with E-state index < -0.39 is 11.9 Å². The number of hydrogen-bond donors (Lipinski definition) is 1. The van der Waals surface area contributed by atoms with Crippen LogP contribution < -0.4 is 5.32 Å². The maximum Gasteiger partial charge on any atom is 0.433 e. The van der Waals surface area contributed by atoms with E-state index in [2.05, 4.69) is 10.3 Å². The predicted octanol–water partition coefficient (Wildman–Crippen LogP) is 3.91. The first kappa shape index (κ1) is 12.7. The number of halogens is 3. The highest BCUT2D eigenvalue weighted by molar-refractivity contribution is 5.96. The number of rotatable bonds is 1. The molecular formula is C13H13F3N2. The maximum absolute atomic E-state index is 12.8. The van der Waals surface area contributed by atoms with E-state index in [1.165, 1.54) is 0 Å². The van der Waals surface area contributed by atoms with E-state index in [-0.39, 0.29) is 0 Å². The Morgan fingerprint density at radius 2 is 1.72 bits per heavy atom. The van der Waals surface area contributed by atoms with Crippen molar-refractivity contribution in [1.82, 2.24) is 4.98 Å². The summed E-state index contributed by atoms with van der Waals surface area (Å²) >= 11 is 0. The van der Waals surface area contributed by atoms with E-state index in [1.54, 1.807) is 20.0 Å². The summed E-state index contributed by atoms with van der Waals surface area (Å²) in [6.07, 6.45) is -4.43. The van der Waals surface area contributed by atoms with Crippen LogP contribution in [0, 0.1) is 13.8 Å². The van der Waals surface area contributed by atoms with Crippen molar-refractivity contribution in [3.63, 3.8) is 0 Å². The van der Waals surface area contributed by atoms with Gasteiger partial charge in [-0.3, -0.25) is 0 Å². The minimum absolute atomic E-state index is 0.397. The third kappa shape index (κ3) is 2.00. The van der Waals surface area contributed by atoms with Gasteiger partial charge < -0.3 is 5.32 Å². The van der Waals surface area contributed by atoms with Crippen molar-refractivity contribution in [2.24, 2.45) is 0 Å². The molecule has 1 aromatic carbocycles. The number of aromatic nitrogens is 1. The Kier molecular flexibility index (Phi) is 2.92. The van der Waals surface area contributed by atoms with E-state index >= 15 is 0 Å². The van der Waals surface area contributed by atoms with Crippen molar-refractivity contribution in [3.8, 4) is 0 Å². The van der Waals surface area contributed by atoms with Gasteiger partial charge in [0, 0.05) is 18.1 Å². The topological polar surface area (TPSA) is 24.9 Å². The normalized spacial score (nSPS) is 11.9. The van der Waals surface area contributed by atoms with Crippen LogP contribution >= 0.6 is 0 Å². The molecule has 2 aromatic rings. The molecule has 1 heterocycles. The van der Waals surface area contributed by atoms with Crippen LogP contribution in [0.25, 0.3) is 10.9 Å². The first-order valence-corrected chi connectivity index (χ1v) is 5.50. The quantitative estimate of drug-likeness (QED) is 0.834. The van der Waals surface area contributed by atoms with E-state index in [9.17, 15) is 13.2 Å². The number of alkyl halides is 3. The fraction of sp³-hybridized carbons (Fsp3) is 0.308. The van der Waals surface area contributed by atoms with Gasteiger partial charge in [-0.15, -0.1) is 0 Å². The van der Waals surface area contributed by atoms with E-state index in [0.717, 1.165) is 22.6 Å². The van der Waals surface area contributed by atoms with Crippen molar-refractivity contribution in [2.45, 2.75) is 20.0 Å². The van der Waals surface area contributed by atoms with Gasteiger partial charge in [-0.1, -0.05) is 12.1 Å². The van der Waals surface area contributed by atoms with E-state index in [0.29, 0.717) is 11.2 Å². The van der Waals surface area contributed by atoms with Crippen molar-refractivity contribution in [3.05, 3.63) is 35.0 Å². The monoisotopic (exact) mass is 254 g/mol. The highest BCUT2D eigenvalue weighted by Crippen LogP contribution is 2.35.